The quantitative estimate of drug-likeness (QED) is 0.264. The number of methoxy groups -OCH3 is 1. The Morgan fingerprint density at radius 2 is 1.59 bits per heavy atom. The Balaban J connectivity index is 2.08. The highest BCUT2D eigenvalue weighted by Gasteiger charge is 2.34. The van der Waals surface area contributed by atoms with Crippen LogP contribution in [0, 0.1) is 13.8 Å². The van der Waals surface area contributed by atoms with Gasteiger partial charge in [0.25, 0.3) is 10.0 Å². The molecule has 3 aromatic carbocycles. The molecule has 0 heterocycles. The van der Waals surface area contributed by atoms with Crippen LogP contribution in [0.3, 0.4) is 0 Å². The van der Waals surface area contributed by atoms with Gasteiger partial charge in [-0.25, -0.2) is 8.42 Å². The van der Waals surface area contributed by atoms with E-state index in [2.05, 4.69) is 5.32 Å². The first-order valence-corrected chi connectivity index (χ1v) is 15.4. The molecule has 0 bridgehead atoms. The van der Waals surface area contributed by atoms with Gasteiger partial charge in [-0.1, -0.05) is 74.4 Å². The van der Waals surface area contributed by atoms with Crippen molar-refractivity contribution in [1.82, 2.24) is 10.2 Å². The first kappa shape index (κ1) is 31.7. The SMILES string of the molecule is CCCCNC(=O)[C@H](CC)N(Cc1ccc(C)cc1)C(=O)CN(c1cc(C)ccc1OC)S(=O)(=O)c1ccccc1. The van der Waals surface area contributed by atoms with Crippen LogP contribution >= 0.6 is 0 Å². The van der Waals surface area contributed by atoms with Gasteiger partial charge in [0.15, 0.2) is 0 Å². The molecule has 3 aromatic rings. The predicted molar refractivity (Wildman–Crippen MR) is 162 cm³/mol. The number of rotatable bonds is 14. The number of sulfonamides is 1. The van der Waals surface area contributed by atoms with E-state index in [9.17, 15) is 18.0 Å². The summed E-state index contributed by atoms with van der Waals surface area (Å²) in [6.07, 6.45) is 2.12. The molecular weight excluding hydrogens is 538 g/mol. The highest BCUT2D eigenvalue weighted by molar-refractivity contribution is 7.92. The molecular formula is C32H41N3O5S. The number of ether oxygens (including phenoxy) is 1. The second-order valence-electron chi connectivity index (χ2n) is 10.1. The van der Waals surface area contributed by atoms with Crippen molar-refractivity contribution >= 4 is 27.5 Å². The van der Waals surface area contributed by atoms with Gasteiger partial charge >= 0.3 is 0 Å². The van der Waals surface area contributed by atoms with Gasteiger partial charge in [0.2, 0.25) is 11.8 Å². The molecule has 0 aliphatic rings. The van der Waals surface area contributed by atoms with Crippen LogP contribution in [0.4, 0.5) is 5.69 Å². The highest BCUT2D eigenvalue weighted by atomic mass is 32.2. The van der Waals surface area contributed by atoms with Gasteiger partial charge in [0, 0.05) is 13.1 Å². The van der Waals surface area contributed by atoms with E-state index in [0.29, 0.717) is 18.7 Å². The van der Waals surface area contributed by atoms with Gasteiger partial charge in [-0.15, -0.1) is 0 Å². The van der Waals surface area contributed by atoms with Crippen LogP contribution in [0.1, 0.15) is 49.8 Å². The summed E-state index contributed by atoms with van der Waals surface area (Å²) in [4.78, 5) is 29.0. The molecule has 3 rings (SSSR count). The van der Waals surface area contributed by atoms with Crippen molar-refractivity contribution in [2.75, 3.05) is 24.5 Å². The molecule has 0 unspecified atom stereocenters. The largest absolute Gasteiger partial charge is 0.495 e. The number of unbranched alkanes of at least 4 members (excludes halogenated alkanes) is 1. The van der Waals surface area contributed by atoms with Crippen LogP contribution in [0.5, 0.6) is 5.75 Å². The topological polar surface area (TPSA) is 96.0 Å². The molecule has 0 spiro atoms. The Labute approximate surface area is 244 Å². The lowest BCUT2D eigenvalue weighted by atomic mass is 10.1. The van der Waals surface area contributed by atoms with E-state index >= 15 is 0 Å². The maximum atomic E-state index is 14.2. The molecule has 0 aromatic heterocycles. The zero-order valence-electron chi connectivity index (χ0n) is 24.6. The molecule has 9 heteroatoms. The van der Waals surface area contributed by atoms with Gasteiger partial charge in [-0.3, -0.25) is 13.9 Å². The molecule has 0 saturated carbocycles. The van der Waals surface area contributed by atoms with Crippen LogP contribution in [0.15, 0.2) is 77.7 Å². The van der Waals surface area contributed by atoms with Crippen molar-refractivity contribution in [2.24, 2.45) is 0 Å². The minimum absolute atomic E-state index is 0.0470. The Kier molecular flexibility index (Phi) is 11.3. The molecule has 0 radical (unpaired) electrons. The third-order valence-electron chi connectivity index (χ3n) is 6.90. The summed E-state index contributed by atoms with van der Waals surface area (Å²) in [5.74, 6) is -0.435. The second-order valence-corrected chi connectivity index (χ2v) is 11.9. The number of nitrogens with one attached hydrogen (secondary N) is 1. The Bertz CT molecular complexity index is 1410. The zero-order chi connectivity index (χ0) is 30.0. The first-order valence-electron chi connectivity index (χ1n) is 14.0. The summed E-state index contributed by atoms with van der Waals surface area (Å²) in [5, 5.41) is 2.95. The number of nitrogens with zero attached hydrogens (tertiary/aromatic N) is 2. The maximum absolute atomic E-state index is 14.2. The molecule has 41 heavy (non-hydrogen) atoms. The van der Waals surface area contributed by atoms with E-state index in [1.54, 1.807) is 30.3 Å². The predicted octanol–water partition coefficient (Wildman–Crippen LogP) is 5.23. The third-order valence-corrected chi connectivity index (χ3v) is 8.68. The number of carbonyl (C=O) groups excluding carboxylic acids is 2. The van der Waals surface area contributed by atoms with E-state index in [-0.39, 0.29) is 23.0 Å². The number of carbonyl (C=O) groups is 2. The zero-order valence-corrected chi connectivity index (χ0v) is 25.4. The van der Waals surface area contributed by atoms with Crippen molar-refractivity contribution in [3.05, 3.63) is 89.5 Å². The standard InChI is InChI=1S/C32H41N3O5S/c1-6-8-20-33-32(37)28(7-2)34(22-26-17-14-24(3)15-18-26)31(36)23-35(29-21-25(4)16-19-30(29)40-5)41(38,39)27-12-10-9-11-13-27/h9-19,21,28H,6-8,20,22-23H2,1-5H3,(H,33,37)/t28-/m0/s1. The number of aryl methyl sites for hydroxylation is 2. The normalized spacial score (nSPS) is 11.9. The van der Waals surface area contributed by atoms with Gasteiger partial charge in [0.05, 0.1) is 17.7 Å². The number of hydrogen-bond donors (Lipinski definition) is 1. The van der Waals surface area contributed by atoms with Crippen molar-refractivity contribution in [3.8, 4) is 5.75 Å². The number of anilines is 1. The Morgan fingerprint density at radius 1 is 0.927 bits per heavy atom. The Hall–Kier alpha value is -3.85. The summed E-state index contributed by atoms with van der Waals surface area (Å²) < 4.78 is 34.7. The maximum Gasteiger partial charge on any atom is 0.264 e. The smallest absolute Gasteiger partial charge is 0.264 e. The van der Waals surface area contributed by atoms with E-state index < -0.39 is 28.5 Å². The molecule has 0 saturated heterocycles. The van der Waals surface area contributed by atoms with Crippen LogP contribution in [-0.2, 0) is 26.2 Å². The van der Waals surface area contributed by atoms with Gasteiger partial charge in [-0.05, 0) is 62.1 Å². The molecule has 0 aliphatic carbocycles. The van der Waals surface area contributed by atoms with E-state index in [1.165, 1.54) is 24.1 Å². The molecule has 220 valence electrons. The lowest BCUT2D eigenvalue weighted by Gasteiger charge is -2.33. The lowest BCUT2D eigenvalue weighted by Crippen LogP contribution is -2.52. The number of amides is 2. The summed E-state index contributed by atoms with van der Waals surface area (Å²) in [6.45, 7) is 7.86. The molecule has 0 fully saturated rings. The Morgan fingerprint density at radius 3 is 2.20 bits per heavy atom. The highest BCUT2D eigenvalue weighted by Crippen LogP contribution is 2.33. The summed E-state index contributed by atoms with van der Waals surface area (Å²) >= 11 is 0. The summed E-state index contributed by atoms with van der Waals surface area (Å²) in [7, 11) is -2.72. The average molecular weight is 580 g/mol. The fourth-order valence-electron chi connectivity index (χ4n) is 4.54. The molecule has 0 aliphatic heterocycles. The second kappa shape index (κ2) is 14.7. The third kappa shape index (κ3) is 8.10. The van der Waals surface area contributed by atoms with E-state index in [0.717, 1.165) is 33.8 Å². The van der Waals surface area contributed by atoms with Crippen LogP contribution in [0.2, 0.25) is 0 Å². The van der Waals surface area contributed by atoms with Crippen LogP contribution in [-0.4, -0.2) is 51.4 Å². The van der Waals surface area contributed by atoms with Gasteiger partial charge in [0.1, 0.15) is 18.3 Å². The van der Waals surface area contributed by atoms with Gasteiger partial charge < -0.3 is 15.0 Å². The fourth-order valence-corrected chi connectivity index (χ4v) is 5.98. The minimum Gasteiger partial charge on any atom is -0.495 e. The first-order chi connectivity index (χ1) is 19.6. The molecule has 2 amide bonds. The van der Waals surface area contributed by atoms with E-state index in [1.807, 2.05) is 58.0 Å². The molecule has 1 N–H and O–H groups in total. The lowest BCUT2D eigenvalue weighted by molar-refractivity contribution is -0.140. The molecule has 1 atom stereocenters. The molecule has 8 nitrogen and oxygen atoms in total. The van der Waals surface area contributed by atoms with Crippen molar-refractivity contribution < 1.29 is 22.7 Å². The fraction of sp³-hybridized carbons (Fsp3) is 0.375. The van der Waals surface area contributed by atoms with Crippen LogP contribution < -0.4 is 14.4 Å². The van der Waals surface area contributed by atoms with Crippen molar-refractivity contribution in [3.63, 3.8) is 0 Å². The minimum atomic E-state index is -4.18. The van der Waals surface area contributed by atoms with Crippen molar-refractivity contribution in [1.29, 1.82) is 0 Å². The van der Waals surface area contributed by atoms with Crippen LogP contribution in [0.25, 0.3) is 0 Å². The number of hydrogen-bond acceptors (Lipinski definition) is 5. The van der Waals surface area contributed by atoms with E-state index in [4.69, 9.17) is 4.74 Å². The van der Waals surface area contributed by atoms with Gasteiger partial charge in [-0.2, -0.15) is 0 Å². The monoisotopic (exact) mass is 579 g/mol. The summed E-state index contributed by atoms with van der Waals surface area (Å²) in [6, 6.07) is 20.1. The average Bonchev–Trinajstić information content (AvgIpc) is 2.97. The number of benzene rings is 3. The van der Waals surface area contributed by atoms with Crippen molar-refractivity contribution in [2.45, 2.75) is 64.4 Å². The summed E-state index contributed by atoms with van der Waals surface area (Å²) in [5.41, 5.74) is 2.97.